The van der Waals surface area contributed by atoms with Crippen molar-refractivity contribution in [2.24, 2.45) is 5.92 Å². The number of carbonyl (C=O) groups excluding carboxylic acids is 1. The fourth-order valence-electron chi connectivity index (χ4n) is 3.31. The van der Waals surface area contributed by atoms with Crippen molar-refractivity contribution >= 4 is 15.9 Å². The highest BCUT2D eigenvalue weighted by molar-refractivity contribution is 7.85. The summed E-state index contributed by atoms with van der Waals surface area (Å²) < 4.78 is 30.5. The Morgan fingerprint density at radius 2 is 1.63 bits per heavy atom. The molecule has 3 rings (SSSR count). The molecule has 1 atom stereocenters. The molecule has 0 saturated carbocycles. The summed E-state index contributed by atoms with van der Waals surface area (Å²) in [7, 11) is 0.406. The highest BCUT2D eigenvalue weighted by Crippen LogP contribution is 2.23. The average Bonchev–Trinajstić information content (AvgIpc) is 2.61. The van der Waals surface area contributed by atoms with Crippen LogP contribution in [-0.4, -0.2) is 50.4 Å². The van der Waals surface area contributed by atoms with Crippen LogP contribution in [0.4, 0.5) is 0 Å². The number of hydrogen-bond donors (Lipinski definition) is 1. The quantitative estimate of drug-likeness (QED) is 0.494. The van der Waals surface area contributed by atoms with Crippen molar-refractivity contribution in [1.29, 1.82) is 0 Å². The van der Waals surface area contributed by atoms with Crippen molar-refractivity contribution in [2.45, 2.75) is 24.7 Å². The lowest BCUT2D eigenvalue weighted by molar-refractivity contribution is -0.897. The molecule has 0 radical (unpaired) electrons. The number of aryl methyl sites for hydroxylation is 1. The maximum absolute atomic E-state index is 12.3. The summed E-state index contributed by atoms with van der Waals surface area (Å²) >= 11 is 0. The van der Waals surface area contributed by atoms with Gasteiger partial charge in [-0.05, 0) is 31.9 Å². The Kier molecular flexibility index (Phi) is 6.92. The largest absolute Gasteiger partial charge is 0.328 e. The molecule has 1 aliphatic heterocycles. The van der Waals surface area contributed by atoms with Crippen LogP contribution in [-0.2, 0) is 10.1 Å². The van der Waals surface area contributed by atoms with Crippen LogP contribution in [0.25, 0.3) is 0 Å². The van der Waals surface area contributed by atoms with E-state index >= 15 is 0 Å². The van der Waals surface area contributed by atoms with Gasteiger partial charge in [0.25, 0.3) is 10.1 Å². The Morgan fingerprint density at radius 3 is 2.15 bits per heavy atom. The van der Waals surface area contributed by atoms with Crippen LogP contribution in [0.15, 0.2) is 59.5 Å². The highest BCUT2D eigenvalue weighted by Gasteiger charge is 2.32. The number of hydrogen-bond acceptors (Lipinski definition) is 3. The van der Waals surface area contributed by atoms with E-state index in [-0.39, 0.29) is 10.8 Å². The molecule has 27 heavy (non-hydrogen) atoms. The van der Waals surface area contributed by atoms with Crippen molar-refractivity contribution < 1.29 is 22.2 Å². The zero-order valence-electron chi connectivity index (χ0n) is 16.1. The van der Waals surface area contributed by atoms with E-state index in [1.807, 2.05) is 37.3 Å². The lowest BCUT2D eigenvalue weighted by Gasteiger charge is -2.37. The first kappa shape index (κ1) is 21.3. The van der Waals surface area contributed by atoms with E-state index in [4.69, 9.17) is 4.55 Å². The molecule has 1 saturated heterocycles. The second-order valence-electron chi connectivity index (χ2n) is 7.70. The number of quaternary nitrogens is 1. The van der Waals surface area contributed by atoms with Gasteiger partial charge >= 0.3 is 0 Å². The van der Waals surface area contributed by atoms with Gasteiger partial charge < -0.3 is 4.48 Å². The van der Waals surface area contributed by atoms with Gasteiger partial charge in [0.2, 0.25) is 0 Å². The molecule has 2 aromatic rings. The fraction of sp³-hybridized carbons (Fsp3) is 0.381. The first-order valence-electron chi connectivity index (χ1n) is 9.04. The molecular weight excluding hydrogens is 362 g/mol. The normalized spacial score (nSPS) is 18.9. The second-order valence-corrected chi connectivity index (χ2v) is 9.12. The van der Waals surface area contributed by atoms with E-state index in [2.05, 4.69) is 14.1 Å². The van der Waals surface area contributed by atoms with E-state index in [9.17, 15) is 13.2 Å². The van der Waals surface area contributed by atoms with Gasteiger partial charge in [0.1, 0.15) is 0 Å². The van der Waals surface area contributed by atoms with Gasteiger partial charge in [0.15, 0.2) is 5.78 Å². The van der Waals surface area contributed by atoms with Crippen LogP contribution in [0.2, 0.25) is 0 Å². The second kappa shape index (κ2) is 8.78. The van der Waals surface area contributed by atoms with Crippen molar-refractivity contribution in [2.75, 3.05) is 27.2 Å². The molecule has 0 aliphatic carbocycles. The molecule has 1 fully saturated rings. The minimum atomic E-state index is -4.02. The first-order chi connectivity index (χ1) is 12.6. The SMILES string of the molecule is C[N+]1(C)CCCC(C(=O)c2ccccc2)C1.Cc1ccc(S(=O)(=O)O)cc1. The van der Waals surface area contributed by atoms with Gasteiger partial charge in [-0.2, -0.15) is 8.42 Å². The molecule has 1 aliphatic rings. The molecule has 6 heteroatoms. The van der Waals surface area contributed by atoms with Crippen LogP contribution < -0.4 is 0 Å². The molecule has 5 nitrogen and oxygen atoms in total. The lowest BCUT2D eigenvalue weighted by Crippen LogP contribution is -2.49. The van der Waals surface area contributed by atoms with Crippen LogP contribution in [0, 0.1) is 12.8 Å². The number of Topliss-reactive ketones (excluding diaryl/α,β-unsaturated/α-hetero) is 1. The van der Waals surface area contributed by atoms with Gasteiger partial charge in [-0.15, -0.1) is 0 Å². The zero-order valence-corrected chi connectivity index (χ0v) is 16.9. The van der Waals surface area contributed by atoms with E-state index in [0.29, 0.717) is 5.78 Å². The predicted molar refractivity (Wildman–Crippen MR) is 106 cm³/mol. The molecule has 0 amide bonds. The zero-order chi connectivity index (χ0) is 20.1. The summed E-state index contributed by atoms with van der Waals surface area (Å²) in [6.45, 7) is 4.01. The number of carbonyl (C=O) groups is 1. The molecule has 1 unspecified atom stereocenters. The van der Waals surface area contributed by atoms with Gasteiger partial charge in [0.05, 0.1) is 38.0 Å². The molecule has 1 heterocycles. The number of nitrogens with zero attached hydrogens (tertiary/aromatic N) is 1. The van der Waals surface area contributed by atoms with Gasteiger partial charge in [-0.1, -0.05) is 48.0 Å². The fourth-order valence-corrected chi connectivity index (χ4v) is 3.79. The van der Waals surface area contributed by atoms with Crippen molar-refractivity contribution in [3.8, 4) is 0 Å². The molecule has 1 N–H and O–H groups in total. The smallest absolute Gasteiger partial charge is 0.294 e. The lowest BCUT2D eigenvalue weighted by atomic mass is 9.89. The van der Waals surface area contributed by atoms with Gasteiger partial charge in [0, 0.05) is 5.56 Å². The average molecular weight is 391 g/mol. The summed E-state index contributed by atoms with van der Waals surface area (Å²) in [6, 6.07) is 15.7. The standard InChI is InChI=1S/C14H20NO.C7H8O3S/c1-15(2)10-6-9-13(11-15)14(16)12-7-4-3-5-8-12;1-6-2-4-7(5-3-6)11(8,9)10/h3-5,7-8,13H,6,9-11H2,1-2H3;2-5H,1H3,(H,8,9,10)/q+1;. The molecule has 146 valence electrons. The van der Waals surface area contributed by atoms with Crippen molar-refractivity contribution in [3.63, 3.8) is 0 Å². The van der Waals surface area contributed by atoms with E-state index < -0.39 is 10.1 Å². The minimum Gasteiger partial charge on any atom is -0.328 e. The van der Waals surface area contributed by atoms with Gasteiger partial charge in [-0.3, -0.25) is 9.35 Å². The molecular formula is C21H28NO4S+. The summed E-state index contributed by atoms with van der Waals surface area (Å²) in [5, 5.41) is 0. The Hall–Kier alpha value is -2.02. The number of likely N-dealkylation sites (tertiary alicyclic amines) is 1. The Bertz CT molecular complexity index is 859. The predicted octanol–water partition coefficient (Wildman–Crippen LogP) is 3.60. The van der Waals surface area contributed by atoms with Crippen molar-refractivity contribution in [3.05, 3.63) is 65.7 Å². The Labute approximate surface area is 162 Å². The van der Waals surface area contributed by atoms with Gasteiger partial charge in [-0.25, -0.2) is 0 Å². The maximum atomic E-state index is 12.3. The van der Waals surface area contributed by atoms with E-state index in [1.165, 1.54) is 18.7 Å². The minimum absolute atomic E-state index is 0.0666. The maximum Gasteiger partial charge on any atom is 0.294 e. The van der Waals surface area contributed by atoms with Crippen LogP contribution in [0.1, 0.15) is 28.8 Å². The Morgan fingerprint density at radius 1 is 1.04 bits per heavy atom. The number of rotatable bonds is 3. The third-order valence-corrected chi connectivity index (χ3v) is 5.65. The summed E-state index contributed by atoms with van der Waals surface area (Å²) in [5.74, 6) is 0.539. The third kappa shape index (κ3) is 6.57. The monoisotopic (exact) mass is 390 g/mol. The topological polar surface area (TPSA) is 71.4 Å². The molecule has 0 bridgehead atoms. The highest BCUT2D eigenvalue weighted by atomic mass is 32.2. The van der Waals surface area contributed by atoms with E-state index in [1.54, 1.807) is 12.1 Å². The summed E-state index contributed by atoms with van der Waals surface area (Å²) in [6.07, 6.45) is 2.21. The third-order valence-electron chi connectivity index (χ3n) is 4.78. The van der Waals surface area contributed by atoms with Crippen LogP contribution in [0.5, 0.6) is 0 Å². The Balaban J connectivity index is 0.000000208. The molecule has 0 aromatic heterocycles. The summed E-state index contributed by atoms with van der Waals surface area (Å²) in [4.78, 5) is 12.2. The molecule has 0 spiro atoms. The van der Waals surface area contributed by atoms with E-state index in [0.717, 1.165) is 35.0 Å². The van der Waals surface area contributed by atoms with Crippen molar-refractivity contribution in [1.82, 2.24) is 0 Å². The number of benzene rings is 2. The van der Waals surface area contributed by atoms with Crippen LogP contribution >= 0.6 is 0 Å². The number of piperidine rings is 1. The number of ketones is 1. The molecule has 2 aromatic carbocycles. The first-order valence-corrected chi connectivity index (χ1v) is 10.5. The summed E-state index contributed by atoms with van der Waals surface area (Å²) in [5.41, 5.74) is 1.83. The van der Waals surface area contributed by atoms with Crippen LogP contribution in [0.3, 0.4) is 0 Å².